The lowest BCUT2D eigenvalue weighted by molar-refractivity contribution is -0.132. The summed E-state index contributed by atoms with van der Waals surface area (Å²) in [7, 11) is 4.38. The first kappa shape index (κ1) is 24.4. The predicted molar refractivity (Wildman–Crippen MR) is 134 cm³/mol. The fraction of sp³-hybridized carbons (Fsp3) is 0.154. The van der Waals surface area contributed by atoms with Gasteiger partial charge in [-0.3, -0.25) is 14.5 Å². The molecule has 3 aromatic rings. The third-order valence-corrected chi connectivity index (χ3v) is 6.27. The maximum absolute atomic E-state index is 13.4. The fourth-order valence-corrected chi connectivity index (χ4v) is 4.45. The molecule has 0 bridgehead atoms. The van der Waals surface area contributed by atoms with E-state index in [-0.39, 0.29) is 21.9 Å². The van der Waals surface area contributed by atoms with E-state index >= 15 is 0 Å². The van der Waals surface area contributed by atoms with Gasteiger partial charge < -0.3 is 19.3 Å². The number of rotatable bonds is 6. The number of hydrogen-bond acceptors (Lipinski definition) is 6. The van der Waals surface area contributed by atoms with Crippen LogP contribution in [0.25, 0.3) is 5.76 Å². The lowest BCUT2D eigenvalue weighted by atomic mass is 9.94. The Morgan fingerprint density at radius 2 is 1.51 bits per heavy atom. The Morgan fingerprint density at radius 3 is 2.14 bits per heavy atom. The van der Waals surface area contributed by atoms with Crippen LogP contribution in [-0.2, 0) is 9.59 Å². The number of amides is 1. The summed E-state index contributed by atoms with van der Waals surface area (Å²) >= 11 is 12.5. The number of Topliss-reactive ketones (excluding diaryl/α,β-unsaturated/α-hetero) is 1. The van der Waals surface area contributed by atoms with Crippen LogP contribution < -0.4 is 19.1 Å². The van der Waals surface area contributed by atoms with Crippen molar-refractivity contribution in [3.05, 3.63) is 87.4 Å². The largest absolute Gasteiger partial charge is 0.507 e. The second kappa shape index (κ2) is 9.90. The molecule has 1 N–H and O–H groups in total. The van der Waals surface area contributed by atoms with Gasteiger partial charge in [0, 0.05) is 16.8 Å². The van der Waals surface area contributed by atoms with E-state index in [1.54, 1.807) is 60.7 Å². The highest BCUT2D eigenvalue weighted by molar-refractivity contribution is 6.52. The van der Waals surface area contributed by atoms with E-state index in [9.17, 15) is 14.7 Å². The average Bonchev–Trinajstić information content (AvgIpc) is 3.13. The zero-order chi connectivity index (χ0) is 25.3. The van der Waals surface area contributed by atoms with Crippen LogP contribution in [0, 0.1) is 0 Å². The summed E-state index contributed by atoms with van der Waals surface area (Å²) in [5, 5.41) is 12.0. The van der Waals surface area contributed by atoms with E-state index in [1.807, 2.05) is 0 Å². The third kappa shape index (κ3) is 4.29. The zero-order valence-electron chi connectivity index (χ0n) is 19.0. The van der Waals surface area contributed by atoms with E-state index in [1.165, 1.54) is 26.2 Å². The molecule has 0 aromatic heterocycles. The summed E-state index contributed by atoms with van der Waals surface area (Å²) in [6.45, 7) is 0. The maximum Gasteiger partial charge on any atom is 0.300 e. The number of carbonyl (C=O) groups excluding carboxylic acids is 2. The van der Waals surface area contributed by atoms with Gasteiger partial charge in [0.05, 0.1) is 43.5 Å². The van der Waals surface area contributed by atoms with Crippen LogP contribution in [0.5, 0.6) is 17.2 Å². The van der Waals surface area contributed by atoms with E-state index in [2.05, 4.69) is 0 Å². The van der Waals surface area contributed by atoms with Gasteiger partial charge in [0.2, 0.25) is 0 Å². The van der Waals surface area contributed by atoms with Crippen LogP contribution in [0.15, 0.2) is 66.2 Å². The Labute approximate surface area is 212 Å². The summed E-state index contributed by atoms with van der Waals surface area (Å²) in [6.07, 6.45) is 0. The molecule has 0 saturated carbocycles. The third-order valence-electron chi connectivity index (χ3n) is 5.71. The van der Waals surface area contributed by atoms with E-state index < -0.39 is 23.5 Å². The Morgan fingerprint density at radius 1 is 0.857 bits per heavy atom. The molecule has 7 nitrogen and oxygen atoms in total. The molecule has 1 aliphatic rings. The molecule has 1 amide bonds. The van der Waals surface area contributed by atoms with E-state index in [0.717, 1.165) is 0 Å². The van der Waals surface area contributed by atoms with Gasteiger partial charge in [0.1, 0.15) is 11.5 Å². The first-order valence-corrected chi connectivity index (χ1v) is 11.2. The van der Waals surface area contributed by atoms with Crippen molar-refractivity contribution in [3.8, 4) is 17.2 Å². The lowest BCUT2D eigenvalue weighted by Gasteiger charge is -2.26. The van der Waals surface area contributed by atoms with Gasteiger partial charge >= 0.3 is 0 Å². The van der Waals surface area contributed by atoms with Crippen LogP contribution in [0.3, 0.4) is 0 Å². The van der Waals surface area contributed by atoms with Gasteiger partial charge in [-0.05, 0) is 42.0 Å². The number of aliphatic hydroxyl groups excluding tert-OH is 1. The maximum atomic E-state index is 13.4. The number of aliphatic hydroxyl groups is 1. The minimum absolute atomic E-state index is 0.112. The number of halogens is 2. The number of ketones is 1. The smallest absolute Gasteiger partial charge is 0.300 e. The molecule has 1 heterocycles. The van der Waals surface area contributed by atoms with Crippen molar-refractivity contribution in [2.24, 2.45) is 0 Å². The minimum atomic E-state index is -0.980. The monoisotopic (exact) mass is 513 g/mol. The molecule has 0 radical (unpaired) electrons. The summed E-state index contributed by atoms with van der Waals surface area (Å²) in [6, 6.07) is 15.3. The van der Waals surface area contributed by atoms with Crippen molar-refractivity contribution in [1.82, 2.24) is 0 Å². The average molecular weight is 514 g/mol. The number of hydrogen-bond donors (Lipinski definition) is 1. The number of nitrogens with zero attached hydrogens (tertiary/aromatic N) is 1. The first-order chi connectivity index (χ1) is 16.8. The molecular formula is C26H21Cl2NO6. The van der Waals surface area contributed by atoms with Gasteiger partial charge in [-0.25, -0.2) is 0 Å². The summed E-state index contributed by atoms with van der Waals surface area (Å²) in [5.74, 6) is -1.08. The highest BCUT2D eigenvalue weighted by Gasteiger charge is 2.47. The van der Waals surface area contributed by atoms with Gasteiger partial charge in [0.15, 0.2) is 11.5 Å². The highest BCUT2D eigenvalue weighted by atomic mass is 35.5. The second-order valence-electron chi connectivity index (χ2n) is 7.58. The molecule has 1 unspecified atom stereocenters. The Hall–Kier alpha value is -3.68. The van der Waals surface area contributed by atoms with Gasteiger partial charge in [-0.15, -0.1) is 0 Å². The molecule has 3 aromatic carbocycles. The molecule has 1 atom stereocenters. The SMILES string of the molecule is COc1ccc(N2C(=O)C(=O)C(=C(O)c3c(Cl)cccc3OC)C2c2ccc(Cl)cc2)cc1OC. The zero-order valence-corrected chi connectivity index (χ0v) is 20.6. The molecule has 0 spiro atoms. The van der Waals surface area contributed by atoms with E-state index in [4.69, 9.17) is 37.4 Å². The summed E-state index contributed by atoms with van der Waals surface area (Å²) in [4.78, 5) is 28.0. The molecule has 1 saturated heterocycles. The topological polar surface area (TPSA) is 85.3 Å². The predicted octanol–water partition coefficient (Wildman–Crippen LogP) is 5.65. The van der Waals surface area contributed by atoms with Crippen LogP contribution in [0.1, 0.15) is 17.2 Å². The number of benzene rings is 3. The van der Waals surface area contributed by atoms with Crippen molar-refractivity contribution < 1.29 is 28.9 Å². The van der Waals surface area contributed by atoms with Gasteiger partial charge in [-0.2, -0.15) is 0 Å². The fourth-order valence-electron chi connectivity index (χ4n) is 4.07. The Kier molecular flexibility index (Phi) is 6.91. The van der Waals surface area contributed by atoms with Crippen LogP contribution >= 0.6 is 23.2 Å². The highest BCUT2D eigenvalue weighted by Crippen LogP contribution is 2.46. The number of methoxy groups -OCH3 is 3. The normalized spacial score (nSPS) is 16.9. The first-order valence-electron chi connectivity index (χ1n) is 10.4. The molecule has 9 heteroatoms. The lowest BCUT2D eigenvalue weighted by Crippen LogP contribution is -2.29. The van der Waals surface area contributed by atoms with Crippen molar-refractivity contribution in [1.29, 1.82) is 0 Å². The quantitative estimate of drug-likeness (QED) is 0.260. The van der Waals surface area contributed by atoms with E-state index in [0.29, 0.717) is 27.8 Å². The van der Waals surface area contributed by atoms with Gasteiger partial charge in [-0.1, -0.05) is 41.4 Å². The van der Waals surface area contributed by atoms with Crippen molar-refractivity contribution in [2.75, 3.05) is 26.2 Å². The Balaban J connectivity index is 1.99. The molecule has 1 fully saturated rings. The molecule has 0 aliphatic carbocycles. The van der Waals surface area contributed by atoms with Crippen LogP contribution in [-0.4, -0.2) is 38.1 Å². The second-order valence-corrected chi connectivity index (χ2v) is 8.42. The molecule has 4 rings (SSSR count). The van der Waals surface area contributed by atoms with Crippen LogP contribution in [0.2, 0.25) is 10.0 Å². The Bertz CT molecular complexity index is 1340. The molecular weight excluding hydrogens is 493 g/mol. The molecule has 180 valence electrons. The molecule has 1 aliphatic heterocycles. The summed E-state index contributed by atoms with van der Waals surface area (Å²) in [5.41, 5.74) is 0.894. The summed E-state index contributed by atoms with van der Waals surface area (Å²) < 4.78 is 16.0. The van der Waals surface area contributed by atoms with Crippen LogP contribution in [0.4, 0.5) is 5.69 Å². The standard InChI is InChI=1S/C26H21Cl2NO6/c1-33-18-12-11-16(13-20(18)35-3)29-23(14-7-9-15(27)10-8-14)22(25(31)26(29)32)24(30)21-17(28)5-4-6-19(21)34-2/h4-13,23,30H,1-3H3. The van der Waals surface area contributed by atoms with Gasteiger partial charge in [0.25, 0.3) is 11.7 Å². The number of carbonyl (C=O) groups is 2. The minimum Gasteiger partial charge on any atom is -0.507 e. The number of anilines is 1. The molecule has 35 heavy (non-hydrogen) atoms. The van der Waals surface area contributed by atoms with Crippen molar-refractivity contribution in [3.63, 3.8) is 0 Å². The van der Waals surface area contributed by atoms with Crippen molar-refractivity contribution in [2.45, 2.75) is 6.04 Å². The van der Waals surface area contributed by atoms with Crippen molar-refractivity contribution >= 4 is 46.3 Å². The number of ether oxygens (including phenoxy) is 3.